The molecule has 1 aromatic heterocycles. The van der Waals surface area contributed by atoms with Gasteiger partial charge < -0.3 is 15.4 Å². The molecule has 0 amide bonds. The van der Waals surface area contributed by atoms with Crippen LogP contribution in [0.4, 0.5) is 0 Å². The highest BCUT2D eigenvalue weighted by atomic mass is 16.5. The Bertz CT molecular complexity index is 267. The summed E-state index contributed by atoms with van der Waals surface area (Å²) in [6.45, 7) is -0.189. The largest absolute Gasteiger partial charge is 0.387 e. The van der Waals surface area contributed by atoms with E-state index in [-0.39, 0.29) is 18.5 Å². The van der Waals surface area contributed by atoms with Crippen LogP contribution in [0.15, 0.2) is 4.52 Å². The van der Waals surface area contributed by atoms with E-state index in [1.54, 1.807) is 0 Å². The highest BCUT2D eigenvalue weighted by molar-refractivity contribution is 5.03. The Hall–Kier alpha value is -0.940. The molecule has 1 aliphatic rings. The van der Waals surface area contributed by atoms with Crippen LogP contribution >= 0.6 is 0 Å². The summed E-state index contributed by atoms with van der Waals surface area (Å²) in [7, 11) is 0. The molecule has 0 radical (unpaired) electrons. The Morgan fingerprint density at radius 2 is 2.33 bits per heavy atom. The van der Waals surface area contributed by atoms with E-state index in [9.17, 15) is 0 Å². The summed E-state index contributed by atoms with van der Waals surface area (Å²) in [4.78, 5) is 4.00. The van der Waals surface area contributed by atoms with Crippen molar-refractivity contribution >= 4 is 0 Å². The monoisotopic (exact) mass is 169 g/mol. The number of nitrogens with two attached hydrogens (primary N) is 1. The smallest absolute Gasteiger partial charge is 0.252 e. The van der Waals surface area contributed by atoms with Gasteiger partial charge in [0.15, 0.2) is 5.82 Å². The number of hydrogen-bond donors (Lipinski definition) is 2. The lowest BCUT2D eigenvalue weighted by atomic mass is 9.80. The summed E-state index contributed by atoms with van der Waals surface area (Å²) in [5.74, 6) is 1.30. The van der Waals surface area contributed by atoms with Crippen LogP contribution < -0.4 is 5.73 Å². The topological polar surface area (TPSA) is 85.2 Å². The van der Waals surface area contributed by atoms with E-state index in [0.717, 1.165) is 12.8 Å². The Morgan fingerprint density at radius 1 is 1.58 bits per heavy atom. The number of aliphatic hydroxyl groups is 1. The zero-order chi connectivity index (χ0) is 8.55. The van der Waals surface area contributed by atoms with Gasteiger partial charge in [0, 0.05) is 12.0 Å². The van der Waals surface area contributed by atoms with E-state index >= 15 is 0 Å². The molecule has 0 bridgehead atoms. The van der Waals surface area contributed by atoms with Crippen LogP contribution in [0.2, 0.25) is 0 Å². The Labute approximate surface area is 69.6 Å². The van der Waals surface area contributed by atoms with Gasteiger partial charge in [0.2, 0.25) is 0 Å². The van der Waals surface area contributed by atoms with Gasteiger partial charge in [-0.2, -0.15) is 4.98 Å². The van der Waals surface area contributed by atoms with Crippen LogP contribution in [0.5, 0.6) is 0 Å². The van der Waals surface area contributed by atoms with E-state index in [4.69, 9.17) is 15.4 Å². The van der Waals surface area contributed by atoms with Crippen molar-refractivity contribution in [2.45, 2.75) is 31.4 Å². The normalized spacial score (nSPS) is 28.5. The molecule has 1 fully saturated rings. The highest BCUT2D eigenvalue weighted by Gasteiger charge is 2.30. The van der Waals surface area contributed by atoms with Crippen LogP contribution in [0, 0.1) is 0 Å². The Kier molecular flexibility index (Phi) is 1.82. The number of nitrogens with zero attached hydrogens (tertiary/aromatic N) is 2. The second-order valence-electron chi connectivity index (χ2n) is 3.13. The number of rotatable bonds is 2. The van der Waals surface area contributed by atoms with Crippen LogP contribution in [-0.2, 0) is 6.61 Å². The zero-order valence-electron chi connectivity index (χ0n) is 6.60. The van der Waals surface area contributed by atoms with Gasteiger partial charge in [-0.15, -0.1) is 0 Å². The molecule has 2 rings (SSSR count). The van der Waals surface area contributed by atoms with Crippen molar-refractivity contribution in [1.29, 1.82) is 0 Å². The van der Waals surface area contributed by atoms with Gasteiger partial charge in [-0.25, -0.2) is 0 Å². The molecule has 0 atom stereocenters. The summed E-state index contributed by atoms with van der Waals surface area (Å²) < 4.78 is 4.75. The Morgan fingerprint density at radius 3 is 2.83 bits per heavy atom. The van der Waals surface area contributed by atoms with Crippen molar-refractivity contribution in [3.8, 4) is 0 Å². The van der Waals surface area contributed by atoms with Crippen molar-refractivity contribution in [3.05, 3.63) is 11.7 Å². The highest BCUT2D eigenvalue weighted by Crippen LogP contribution is 2.33. The lowest BCUT2D eigenvalue weighted by Gasteiger charge is -2.29. The van der Waals surface area contributed by atoms with Gasteiger partial charge in [0.1, 0.15) is 6.61 Å². The maximum absolute atomic E-state index is 8.65. The van der Waals surface area contributed by atoms with Gasteiger partial charge in [0.05, 0.1) is 0 Å². The quantitative estimate of drug-likeness (QED) is 0.638. The van der Waals surface area contributed by atoms with Gasteiger partial charge in [-0.1, -0.05) is 5.16 Å². The number of aromatic nitrogens is 2. The van der Waals surface area contributed by atoms with Crippen LogP contribution in [0.25, 0.3) is 0 Å². The lowest BCUT2D eigenvalue weighted by Crippen LogP contribution is -2.35. The van der Waals surface area contributed by atoms with E-state index in [2.05, 4.69) is 10.1 Å². The molecule has 5 heteroatoms. The van der Waals surface area contributed by atoms with Crippen molar-refractivity contribution in [2.75, 3.05) is 0 Å². The van der Waals surface area contributed by atoms with Gasteiger partial charge in [-0.05, 0) is 12.8 Å². The first-order valence-corrected chi connectivity index (χ1v) is 3.98. The first kappa shape index (κ1) is 7.70. The standard InChI is InChI=1S/C7H11N3O2/c8-5-1-4(2-5)7-9-6(3-11)12-10-7/h4-5,11H,1-3,8H2. The third kappa shape index (κ3) is 1.21. The predicted octanol–water partition coefficient (Wildman–Crippen LogP) is -0.233. The predicted molar refractivity (Wildman–Crippen MR) is 40.2 cm³/mol. The molecule has 0 spiro atoms. The number of aliphatic hydroxyl groups excluding tert-OH is 1. The average Bonchev–Trinajstić information content (AvgIpc) is 2.46. The van der Waals surface area contributed by atoms with Crippen LogP contribution in [-0.4, -0.2) is 21.3 Å². The van der Waals surface area contributed by atoms with Gasteiger partial charge in [0.25, 0.3) is 5.89 Å². The van der Waals surface area contributed by atoms with E-state index < -0.39 is 0 Å². The molecule has 0 unspecified atom stereocenters. The summed E-state index contributed by atoms with van der Waals surface area (Å²) in [6.07, 6.45) is 1.84. The molecule has 3 N–H and O–H groups in total. The summed E-state index contributed by atoms with van der Waals surface area (Å²) >= 11 is 0. The SMILES string of the molecule is NC1CC(c2noc(CO)n2)C1. The molecule has 1 aliphatic carbocycles. The minimum Gasteiger partial charge on any atom is -0.387 e. The first-order valence-electron chi connectivity index (χ1n) is 3.98. The van der Waals surface area contributed by atoms with Crippen molar-refractivity contribution in [3.63, 3.8) is 0 Å². The first-order chi connectivity index (χ1) is 5.79. The molecule has 0 aromatic carbocycles. The average molecular weight is 169 g/mol. The molecule has 0 saturated heterocycles. The molecule has 1 heterocycles. The van der Waals surface area contributed by atoms with Gasteiger partial charge in [-0.3, -0.25) is 0 Å². The van der Waals surface area contributed by atoms with Crippen LogP contribution in [0.3, 0.4) is 0 Å². The summed E-state index contributed by atoms with van der Waals surface area (Å²) in [5.41, 5.74) is 5.61. The lowest BCUT2D eigenvalue weighted by molar-refractivity contribution is 0.221. The molecule has 5 nitrogen and oxygen atoms in total. The van der Waals surface area contributed by atoms with Crippen molar-refractivity contribution in [2.24, 2.45) is 5.73 Å². The second-order valence-corrected chi connectivity index (χ2v) is 3.13. The maximum Gasteiger partial charge on any atom is 0.252 e. The van der Waals surface area contributed by atoms with Crippen molar-refractivity contribution in [1.82, 2.24) is 10.1 Å². The second kappa shape index (κ2) is 2.84. The molecule has 0 aliphatic heterocycles. The molecule has 1 aromatic rings. The molecule has 66 valence electrons. The van der Waals surface area contributed by atoms with Gasteiger partial charge >= 0.3 is 0 Å². The summed E-state index contributed by atoms with van der Waals surface area (Å²) in [6, 6.07) is 0.283. The minimum absolute atomic E-state index is 0.189. The zero-order valence-corrected chi connectivity index (χ0v) is 6.60. The van der Waals surface area contributed by atoms with Crippen LogP contribution in [0.1, 0.15) is 30.5 Å². The maximum atomic E-state index is 8.65. The van der Waals surface area contributed by atoms with E-state index in [1.165, 1.54) is 0 Å². The molecule has 1 saturated carbocycles. The van der Waals surface area contributed by atoms with Crippen molar-refractivity contribution < 1.29 is 9.63 Å². The summed E-state index contributed by atoms with van der Waals surface area (Å²) in [5, 5.41) is 12.4. The Balaban J connectivity index is 2.04. The molecule has 12 heavy (non-hydrogen) atoms. The number of hydrogen-bond acceptors (Lipinski definition) is 5. The third-order valence-electron chi connectivity index (χ3n) is 2.16. The fourth-order valence-electron chi connectivity index (χ4n) is 1.37. The van der Waals surface area contributed by atoms with E-state index in [0.29, 0.717) is 11.7 Å². The molecular weight excluding hydrogens is 158 g/mol. The molecular formula is C7H11N3O2. The fraction of sp³-hybridized carbons (Fsp3) is 0.714. The van der Waals surface area contributed by atoms with E-state index in [1.807, 2.05) is 0 Å². The minimum atomic E-state index is -0.189. The fourth-order valence-corrected chi connectivity index (χ4v) is 1.37. The third-order valence-corrected chi connectivity index (χ3v) is 2.16.